The molecule has 1 aliphatic heterocycles. The van der Waals surface area contributed by atoms with Crippen LogP contribution in [-0.4, -0.2) is 69.1 Å². The van der Waals surface area contributed by atoms with Gasteiger partial charge >= 0.3 is 0 Å². The van der Waals surface area contributed by atoms with Crippen molar-refractivity contribution in [2.75, 3.05) is 38.0 Å². The van der Waals surface area contributed by atoms with Gasteiger partial charge in [0.1, 0.15) is 11.6 Å². The lowest BCUT2D eigenvalue weighted by atomic mass is 9.71. The first-order valence-electron chi connectivity index (χ1n) is 15.5. The zero-order chi connectivity index (χ0) is 28.6. The van der Waals surface area contributed by atoms with Gasteiger partial charge in [0.15, 0.2) is 0 Å². The summed E-state index contributed by atoms with van der Waals surface area (Å²) >= 11 is 0. The monoisotopic (exact) mass is 548 g/mol. The largest absolute Gasteiger partial charge is 0.340 e. The molecule has 8 nitrogen and oxygen atoms in total. The molecular formula is C32H48N6O2. The molecule has 1 aromatic carbocycles. The average Bonchev–Trinajstić information content (AvgIpc) is 3.48. The molecule has 40 heavy (non-hydrogen) atoms. The minimum Gasteiger partial charge on any atom is -0.340 e. The van der Waals surface area contributed by atoms with E-state index in [1.165, 1.54) is 24.8 Å². The molecule has 0 unspecified atom stereocenters. The van der Waals surface area contributed by atoms with E-state index in [1.54, 1.807) is 0 Å². The zero-order valence-electron chi connectivity index (χ0n) is 25.3. The van der Waals surface area contributed by atoms with E-state index < -0.39 is 0 Å². The van der Waals surface area contributed by atoms with Crippen LogP contribution in [0.2, 0.25) is 0 Å². The Labute approximate surface area is 239 Å². The highest BCUT2D eigenvalue weighted by Crippen LogP contribution is 2.48. The van der Waals surface area contributed by atoms with Crippen LogP contribution in [0.25, 0.3) is 0 Å². The van der Waals surface area contributed by atoms with E-state index >= 15 is 0 Å². The lowest BCUT2D eigenvalue weighted by Gasteiger charge is -2.36. The normalized spacial score (nSPS) is 24.6. The third kappa shape index (κ3) is 6.12. The third-order valence-corrected chi connectivity index (χ3v) is 9.30. The number of anilines is 1. The number of aryl methyl sites for hydroxylation is 2. The number of nitrogens with one attached hydrogen (secondary N) is 1. The molecule has 1 aromatic heterocycles. The van der Waals surface area contributed by atoms with Gasteiger partial charge in [-0.25, -0.2) is 0 Å². The molecule has 1 saturated heterocycles. The van der Waals surface area contributed by atoms with Crippen LogP contribution in [0.3, 0.4) is 0 Å². The van der Waals surface area contributed by atoms with Gasteiger partial charge in [-0.2, -0.15) is 0 Å². The summed E-state index contributed by atoms with van der Waals surface area (Å²) in [6.45, 7) is 15.8. The highest BCUT2D eigenvalue weighted by molar-refractivity contribution is 5.95. The molecule has 218 valence electrons. The Morgan fingerprint density at radius 2 is 1.75 bits per heavy atom. The smallest absolute Gasteiger partial charge is 0.236 e. The predicted molar refractivity (Wildman–Crippen MR) is 158 cm³/mol. The van der Waals surface area contributed by atoms with Gasteiger partial charge in [0.25, 0.3) is 0 Å². The fraction of sp³-hybridized carbons (Fsp3) is 0.688. The second-order valence-electron chi connectivity index (χ2n) is 13.0. The van der Waals surface area contributed by atoms with E-state index in [4.69, 9.17) is 10.2 Å². The third-order valence-electron chi connectivity index (χ3n) is 9.30. The van der Waals surface area contributed by atoms with E-state index in [0.717, 1.165) is 60.7 Å². The Balaban J connectivity index is 1.41. The number of benzene rings is 1. The molecule has 0 radical (unpaired) electrons. The molecule has 3 fully saturated rings. The summed E-state index contributed by atoms with van der Waals surface area (Å²) in [6.07, 6.45) is 5.90. The van der Waals surface area contributed by atoms with Crippen LogP contribution in [0.5, 0.6) is 0 Å². The molecular weight excluding hydrogens is 500 g/mol. The lowest BCUT2D eigenvalue weighted by molar-refractivity contribution is -0.131. The highest BCUT2D eigenvalue weighted by atomic mass is 16.2. The maximum atomic E-state index is 13.9. The number of aromatic nitrogens is 3. The molecule has 2 saturated carbocycles. The summed E-state index contributed by atoms with van der Waals surface area (Å²) in [6, 6.07) is 6.51. The van der Waals surface area contributed by atoms with Crippen molar-refractivity contribution in [2.24, 2.45) is 17.8 Å². The minimum absolute atomic E-state index is 0.0392. The van der Waals surface area contributed by atoms with Gasteiger partial charge in [-0.05, 0) is 82.5 Å². The number of likely N-dealkylation sites (tertiary alicyclic amines) is 1. The van der Waals surface area contributed by atoms with Crippen LogP contribution in [0.1, 0.15) is 100 Å². The average molecular weight is 549 g/mol. The lowest BCUT2D eigenvalue weighted by Crippen LogP contribution is -2.39. The summed E-state index contributed by atoms with van der Waals surface area (Å²) in [5, 5.41) is 12.8. The van der Waals surface area contributed by atoms with Gasteiger partial charge in [-0.1, -0.05) is 45.4 Å². The maximum Gasteiger partial charge on any atom is 0.236 e. The molecule has 5 rings (SSSR count). The number of hydrogen-bond acceptors (Lipinski definition) is 5. The molecule has 2 aromatic rings. The van der Waals surface area contributed by atoms with Gasteiger partial charge < -0.3 is 14.8 Å². The van der Waals surface area contributed by atoms with Crippen molar-refractivity contribution >= 4 is 17.5 Å². The van der Waals surface area contributed by atoms with Crippen molar-refractivity contribution in [1.82, 2.24) is 24.6 Å². The summed E-state index contributed by atoms with van der Waals surface area (Å²) in [7, 11) is 0. The van der Waals surface area contributed by atoms with Gasteiger partial charge in [-0.15, -0.1) is 10.2 Å². The molecule has 0 spiro atoms. The van der Waals surface area contributed by atoms with Crippen LogP contribution in [0.4, 0.5) is 5.69 Å². The first-order valence-corrected chi connectivity index (χ1v) is 15.5. The number of hydrogen-bond donors (Lipinski definition) is 1. The van der Waals surface area contributed by atoms with Crippen LogP contribution in [-0.2, 0) is 9.59 Å². The number of nitrogens with zero attached hydrogens (tertiary/aromatic N) is 5. The Morgan fingerprint density at radius 3 is 2.38 bits per heavy atom. The fourth-order valence-electron chi connectivity index (χ4n) is 6.81. The van der Waals surface area contributed by atoms with Crippen LogP contribution in [0.15, 0.2) is 18.2 Å². The zero-order valence-corrected chi connectivity index (χ0v) is 25.3. The Bertz CT molecular complexity index is 1210. The number of carbonyl (C=O) groups excluding carboxylic acids is 2. The fourth-order valence-corrected chi connectivity index (χ4v) is 6.81. The molecule has 2 heterocycles. The molecule has 3 aliphatic rings. The maximum absolute atomic E-state index is 13.9. The summed E-state index contributed by atoms with van der Waals surface area (Å²) in [5.74, 6) is 3.47. The van der Waals surface area contributed by atoms with E-state index in [9.17, 15) is 9.59 Å². The van der Waals surface area contributed by atoms with Crippen molar-refractivity contribution in [2.45, 2.75) is 91.5 Å². The van der Waals surface area contributed by atoms with Gasteiger partial charge in [0, 0.05) is 30.7 Å². The van der Waals surface area contributed by atoms with E-state index in [2.05, 4.69) is 55.5 Å². The number of carbonyl (C=O) groups is 2. The predicted octanol–water partition coefficient (Wildman–Crippen LogP) is 5.29. The molecule has 2 amide bonds. The van der Waals surface area contributed by atoms with Gasteiger partial charge in [0.05, 0.1) is 18.4 Å². The SMILES string of the molecule is CCN(CC)CC(=O)N1C[C@H](C(=O)Nc2ccc(C)cc2C)[C@@H](c2nnc([C@H]3C[C@@H](CC(C)C)C3)n2C2CC2)C1. The standard InChI is InChI=1S/C32H48N6O2/c1-7-36(8-2)19-29(39)37-17-26(27(18-37)32(40)33-28-12-9-21(5)14-22(28)6)31-35-34-30(38(31)25-10-11-25)24-15-23(16-24)13-20(3)4/h9,12,14,20,23-27H,7-8,10-11,13,15-19H2,1-6H3,(H,33,40)/t23-,24+,26-,27-/m0/s1. The topological polar surface area (TPSA) is 83.4 Å². The number of rotatable bonds is 11. The van der Waals surface area contributed by atoms with Crippen molar-refractivity contribution in [1.29, 1.82) is 0 Å². The summed E-state index contributed by atoms with van der Waals surface area (Å²) < 4.78 is 2.39. The number of amides is 2. The molecule has 1 N–H and O–H groups in total. The van der Waals surface area contributed by atoms with E-state index in [0.29, 0.717) is 31.6 Å². The molecule has 8 heteroatoms. The van der Waals surface area contributed by atoms with Crippen LogP contribution in [0, 0.1) is 31.6 Å². The van der Waals surface area contributed by atoms with E-state index in [1.807, 2.05) is 24.0 Å². The quantitative estimate of drug-likeness (QED) is 0.412. The van der Waals surface area contributed by atoms with E-state index in [-0.39, 0.29) is 23.7 Å². The van der Waals surface area contributed by atoms with Crippen molar-refractivity contribution in [3.8, 4) is 0 Å². The molecule has 2 atom stereocenters. The van der Waals surface area contributed by atoms with Crippen molar-refractivity contribution < 1.29 is 9.59 Å². The minimum atomic E-state index is -0.369. The molecule has 0 bridgehead atoms. The summed E-state index contributed by atoms with van der Waals surface area (Å²) in [4.78, 5) is 31.3. The van der Waals surface area contributed by atoms with Crippen LogP contribution < -0.4 is 5.32 Å². The Hall–Kier alpha value is -2.74. The molecule has 2 aliphatic carbocycles. The number of likely N-dealkylation sites (N-methyl/N-ethyl adjacent to an activating group) is 1. The van der Waals surface area contributed by atoms with Gasteiger partial charge in [0.2, 0.25) is 11.8 Å². The Morgan fingerprint density at radius 1 is 1.05 bits per heavy atom. The van der Waals surface area contributed by atoms with Crippen molar-refractivity contribution in [3.05, 3.63) is 41.0 Å². The first kappa shape index (κ1) is 28.8. The highest BCUT2D eigenvalue weighted by Gasteiger charge is 2.46. The van der Waals surface area contributed by atoms with Crippen molar-refractivity contribution in [3.63, 3.8) is 0 Å². The second kappa shape index (κ2) is 12.0. The van der Waals surface area contributed by atoms with Gasteiger partial charge in [-0.3, -0.25) is 14.5 Å². The van der Waals surface area contributed by atoms with Crippen LogP contribution >= 0.6 is 0 Å². The second-order valence-corrected chi connectivity index (χ2v) is 13.0. The first-order chi connectivity index (χ1) is 19.2. The Kier molecular flexibility index (Phi) is 8.64. The summed E-state index contributed by atoms with van der Waals surface area (Å²) in [5.41, 5.74) is 3.04.